The van der Waals surface area contributed by atoms with Gasteiger partial charge in [-0.15, -0.1) is 0 Å². The van der Waals surface area contributed by atoms with E-state index in [1.165, 1.54) is 4.90 Å². The number of amides is 1. The smallest absolute Gasteiger partial charge is 0.316 e. The van der Waals surface area contributed by atoms with Crippen LogP contribution in [0, 0.1) is 5.92 Å². The van der Waals surface area contributed by atoms with Gasteiger partial charge < -0.3 is 10.0 Å². The number of carboxylic acid groups (broad SMARTS) is 1. The Morgan fingerprint density at radius 3 is 1.96 bits per heavy atom. The molecule has 0 aliphatic rings. The summed E-state index contributed by atoms with van der Waals surface area (Å²) in [6, 6.07) is 19.8. The molecule has 0 aromatic heterocycles. The van der Waals surface area contributed by atoms with Gasteiger partial charge >= 0.3 is 5.97 Å². The first-order chi connectivity index (χ1) is 12.1. The molecular formula is C21H25NO3. The molecule has 1 amide bonds. The van der Waals surface area contributed by atoms with Crippen LogP contribution in [0.15, 0.2) is 60.7 Å². The monoisotopic (exact) mass is 339 g/mol. The third-order valence-corrected chi connectivity index (χ3v) is 4.35. The minimum Gasteiger partial charge on any atom is -0.481 e. The van der Waals surface area contributed by atoms with E-state index in [1.807, 2.05) is 60.7 Å². The van der Waals surface area contributed by atoms with Gasteiger partial charge in [0.05, 0.1) is 0 Å². The van der Waals surface area contributed by atoms with Crippen LogP contribution in [0.1, 0.15) is 24.0 Å². The Labute approximate surface area is 149 Å². The second kappa shape index (κ2) is 9.62. The maximum Gasteiger partial charge on any atom is 0.316 e. The molecule has 0 saturated heterocycles. The molecule has 4 heteroatoms. The van der Waals surface area contributed by atoms with Gasteiger partial charge in [-0.05, 0) is 36.8 Å². The lowest BCUT2D eigenvalue weighted by Gasteiger charge is -2.21. The van der Waals surface area contributed by atoms with E-state index >= 15 is 0 Å². The average Bonchev–Trinajstić information content (AvgIpc) is 2.64. The van der Waals surface area contributed by atoms with E-state index < -0.39 is 11.9 Å². The second-order valence-corrected chi connectivity index (χ2v) is 6.26. The van der Waals surface area contributed by atoms with Gasteiger partial charge in [0.25, 0.3) is 0 Å². The number of benzene rings is 2. The molecule has 2 aromatic carbocycles. The van der Waals surface area contributed by atoms with Gasteiger partial charge in [-0.3, -0.25) is 9.59 Å². The van der Waals surface area contributed by atoms with Crippen LogP contribution in [0.4, 0.5) is 0 Å². The number of carboxylic acids is 1. The van der Waals surface area contributed by atoms with Crippen LogP contribution < -0.4 is 0 Å². The number of aryl methyl sites for hydroxylation is 1. The summed E-state index contributed by atoms with van der Waals surface area (Å²) in [5.41, 5.74) is 2.30. The third kappa shape index (κ3) is 6.07. The molecule has 4 nitrogen and oxygen atoms in total. The first kappa shape index (κ1) is 18.7. The van der Waals surface area contributed by atoms with Crippen molar-refractivity contribution in [2.24, 2.45) is 5.92 Å². The topological polar surface area (TPSA) is 57.6 Å². The SMILES string of the molecule is CN(CCc1ccccc1)C(=O)C(CCCc1ccccc1)C(=O)O. The summed E-state index contributed by atoms with van der Waals surface area (Å²) in [5, 5.41) is 9.43. The zero-order chi connectivity index (χ0) is 18.1. The van der Waals surface area contributed by atoms with Crippen LogP contribution in [0.25, 0.3) is 0 Å². The van der Waals surface area contributed by atoms with Crippen molar-refractivity contribution >= 4 is 11.9 Å². The number of hydrogen-bond acceptors (Lipinski definition) is 2. The highest BCUT2D eigenvalue weighted by molar-refractivity contribution is 5.96. The molecule has 132 valence electrons. The number of nitrogens with zero attached hydrogens (tertiary/aromatic N) is 1. The van der Waals surface area contributed by atoms with Crippen LogP contribution in [0.3, 0.4) is 0 Å². The summed E-state index contributed by atoms with van der Waals surface area (Å²) in [6.45, 7) is 0.519. The van der Waals surface area contributed by atoms with Gasteiger partial charge in [0, 0.05) is 13.6 Å². The van der Waals surface area contributed by atoms with Gasteiger partial charge in [0.15, 0.2) is 0 Å². The number of hydrogen-bond donors (Lipinski definition) is 1. The zero-order valence-corrected chi connectivity index (χ0v) is 14.6. The molecule has 1 unspecified atom stereocenters. The van der Waals surface area contributed by atoms with Crippen LogP contribution in [-0.4, -0.2) is 35.5 Å². The number of carbonyl (C=O) groups excluding carboxylic acids is 1. The third-order valence-electron chi connectivity index (χ3n) is 4.35. The Morgan fingerprint density at radius 1 is 0.920 bits per heavy atom. The van der Waals surface area contributed by atoms with Gasteiger partial charge in [-0.2, -0.15) is 0 Å². The van der Waals surface area contributed by atoms with Crippen molar-refractivity contribution in [2.45, 2.75) is 25.7 Å². The molecule has 0 aliphatic heterocycles. The van der Waals surface area contributed by atoms with E-state index in [1.54, 1.807) is 7.05 Å². The summed E-state index contributed by atoms with van der Waals surface area (Å²) < 4.78 is 0. The fraction of sp³-hybridized carbons (Fsp3) is 0.333. The quantitative estimate of drug-likeness (QED) is 0.712. The molecule has 2 aromatic rings. The number of likely N-dealkylation sites (N-methyl/N-ethyl adjacent to an activating group) is 1. The minimum absolute atomic E-state index is 0.309. The molecule has 1 atom stereocenters. The first-order valence-corrected chi connectivity index (χ1v) is 8.63. The van der Waals surface area contributed by atoms with Crippen molar-refractivity contribution in [3.63, 3.8) is 0 Å². The van der Waals surface area contributed by atoms with E-state index in [0.717, 1.165) is 24.0 Å². The summed E-state index contributed by atoms with van der Waals surface area (Å²) in [4.78, 5) is 25.5. The normalized spacial score (nSPS) is 11.7. The molecule has 0 saturated carbocycles. The molecule has 0 heterocycles. The molecule has 0 spiro atoms. The summed E-state index contributed by atoms with van der Waals surface area (Å²) in [5.74, 6) is -2.31. The maximum absolute atomic E-state index is 12.5. The Hall–Kier alpha value is -2.62. The molecule has 0 fully saturated rings. The van der Waals surface area contributed by atoms with Crippen molar-refractivity contribution in [2.75, 3.05) is 13.6 Å². The molecule has 0 aliphatic carbocycles. The molecule has 0 radical (unpaired) electrons. The Balaban J connectivity index is 1.85. The standard InChI is InChI=1S/C21H25NO3/c1-22(16-15-18-11-6-3-7-12-18)20(23)19(21(24)25)14-8-13-17-9-4-2-5-10-17/h2-7,9-12,19H,8,13-16H2,1H3,(H,24,25). The number of rotatable bonds is 9. The predicted molar refractivity (Wildman–Crippen MR) is 98.3 cm³/mol. The predicted octanol–water partition coefficient (Wildman–Crippen LogP) is 3.41. The zero-order valence-electron chi connectivity index (χ0n) is 14.6. The fourth-order valence-electron chi connectivity index (χ4n) is 2.83. The van der Waals surface area contributed by atoms with E-state index in [2.05, 4.69) is 0 Å². The van der Waals surface area contributed by atoms with Gasteiger partial charge in [-0.25, -0.2) is 0 Å². The minimum atomic E-state index is -1.04. The lowest BCUT2D eigenvalue weighted by Crippen LogP contribution is -2.38. The van der Waals surface area contributed by atoms with Crippen LogP contribution in [-0.2, 0) is 22.4 Å². The lowest BCUT2D eigenvalue weighted by atomic mass is 9.98. The van der Waals surface area contributed by atoms with Crippen molar-refractivity contribution in [3.8, 4) is 0 Å². The molecular weight excluding hydrogens is 314 g/mol. The van der Waals surface area contributed by atoms with E-state index in [-0.39, 0.29) is 5.91 Å². The van der Waals surface area contributed by atoms with Crippen molar-refractivity contribution in [3.05, 3.63) is 71.8 Å². The average molecular weight is 339 g/mol. The van der Waals surface area contributed by atoms with Gasteiger partial charge in [0.1, 0.15) is 5.92 Å². The Bertz CT molecular complexity index is 670. The highest BCUT2D eigenvalue weighted by Gasteiger charge is 2.28. The molecule has 2 rings (SSSR count). The largest absolute Gasteiger partial charge is 0.481 e. The molecule has 1 N–H and O–H groups in total. The highest BCUT2D eigenvalue weighted by Crippen LogP contribution is 2.14. The van der Waals surface area contributed by atoms with Crippen LogP contribution in [0.5, 0.6) is 0 Å². The van der Waals surface area contributed by atoms with Gasteiger partial charge in [-0.1, -0.05) is 60.7 Å². The van der Waals surface area contributed by atoms with E-state index in [0.29, 0.717) is 19.4 Å². The summed E-state index contributed by atoms with van der Waals surface area (Å²) in [6.07, 6.45) is 2.54. The first-order valence-electron chi connectivity index (χ1n) is 8.63. The van der Waals surface area contributed by atoms with Crippen molar-refractivity contribution < 1.29 is 14.7 Å². The van der Waals surface area contributed by atoms with Gasteiger partial charge in [0.2, 0.25) is 5.91 Å². The summed E-state index contributed by atoms with van der Waals surface area (Å²) in [7, 11) is 1.68. The Morgan fingerprint density at radius 2 is 1.44 bits per heavy atom. The lowest BCUT2D eigenvalue weighted by molar-refractivity contribution is -0.150. The number of aliphatic carboxylic acids is 1. The number of carbonyl (C=O) groups is 2. The molecule has 0 bridgehead atoms. The maximum atomic E-state index is 12.5. The highest BCUT2D eigenvalue weighted by atomic mass is 16.4. The second-order valence-electron chi connectivity index (χ2n) is 6.26. The van der Waals surface area contributed by atoms with E-state index in [9.17, 15) is 14.7 Å². The van der Waals surface area contributed by atoms with Crippen LogP contribution >= 0.6 is 0 Å². The fourth-order valence-corrected chi connectivity index (χ4v) is 2.83. The Kier molecular flexibility index (Phi) is 7.20. The molecule has 25 heavy (non-hydrogen) atoms. The summed E-state index contributed by atoms with van der Waals surface area (Å²) >= 11 is 0. The van der Waals surface area contributed by atoms with E-state index in [4.69, 9.17) is 0 Å². The van der Waals surface area contributed by atoms with Crippen molar-refractivity contribution in [1.29, 1.82) is 0 Å². The van der Waals surface area contributed by atoms with Crippen LogP contribution in [0.2, 0.25) is 0 Å². The van der Waals surface area contributed by atoms with Crippen molar-refractivity contribution in [1.82, 2.24) is 4.90 Å².